The van der Waals surface area contributed by atoms with Gasteiger partial charge >= 0.3 is 0 Å². The van der Waals surface area contributed by atoms with E-state index in [2.05, 4.69) is 10.3 Å². The van der Waals surface area contributed by atoms with E-state index in [9.17, 15) is 9.59 Å². The fourth-order valence-electron chi connectivity index (χ4n) is 2.53. The molecule has 2 aromatic carbocycles. The summed E-state index contributed by atoms with van der Waals surface area (Å²) >= 11 is 7.14. The van der Waals surface area contributed by atoms with Gasteiger partial charge < -0.3 is 10.1 Å². The molecule has 0 saturated carbocycles. The van der Waals surface area contributed by atoms with Crippen molar-refractivity contribution in [2.75, 3.05) is 24.8 Å². The number of hydrogen-bond donors (Lipinski definition) is 1. The lowest BCUT2D eigenvalue weighted by atomic mass is 10.2. The van der Waals surface area contributed by atoms with Gasteiger partial charge in [-0.2, -0.15) is 0 Å². The molecule has 6 nitrogen and oxygen atoms in total. The molecule has 0 fully saturated rings. The van der Waals surface area contributed by atoms with E-state index in [-0.39, 0.29) is 17.2 Å². The van der Waals surface area contributed by atoms with Crippen molar-refractivity contribution >= 4 is 45.9 Å². The summed E-state index contributed by atoms with van der Waals surface area (Å²) in [6, 6.07) is 14.1. The first-order valence-corrected chi connectivity index (χ1v) is 9.61. The van der Waals surface area contributed by atoms with E-state index in [1.165, 1.54) is 11.8 Å². The van der Waals surface area contributed by atoms with E-state index in [0.29, 0.717) is 39.9 Å². The predicted octanol–water partition coefficient (Wildman–Crippen LogP) is 3.43. The summed E-state index contributed by atoms with van der Waals surface area (Å²) in [4.78, 5) is 29.6. The van der Waals surface area contributed by atoms with Gasteiger partial charge in [0.15, 0.2) is 5.16 Å². The van der Waals surface area contributed by atoms with Crippen molar-refractivity contribution in [3.05, 3.63) is 63.9 Å². The van der Waals surface area contributed by atoms with Crippen LogP contribution in [0.3, 0.4) is 0 Å². The second kappa shape index (κ2) is 9.03. The minimum absolute atomic E-state index is 0.115. The van der Waals surface area contributed by atoms with Crippen molar-refractivity contribution in [1.29, 1.82) is 0 Å². The first kappa shape index (κ1) is 19.4. The zero-order chi connectivity index (χ0) is 19.2. The molecule has 27 heavy (non-hydrogen) atoms. The monoisotopic (exact) mass is 403 g/mol. The number of ether oxygens (including phenoxy) is 1. The van der Waals surface area contributed by atoms with Crippen LogP contribution in [0.25, 0.3) is 10.9 Å². The molecular formula is C19H18ClN3O3S. The average molecular weight is 404 g/mol. The van der Waals surface area contributed by atoms with Crippen LogP contribution in [-0.4, -0.2) is 34.9 Å². The lowest BCUT2D eigenvalue weighted by Gasteiger charge is -2.12. The van der Waals surface area contributed by atoms with Crippen LogP contribution < -0.4 is 10.9 Å². The summed E-state index contributed by atoms with van der Waals surface area (Å²) in [5.41, 5.74) is 1.08. The Hall–Kier alpha value is -2.35. The Bertz CT molecular complexity index is 1020. The highest BCUT2D eigenvalue weighted by molar-refractivity contribution is 7.99. The fourth-order valence-corrected chi connectivity index (χ4v) is 3.55. The quantitative estimate of drug-likeness (QED) is 0.483. The lowest BCUT2D eigenvalue weighted by Crippen LogP contribution is -2.26. The van der Waals surface area contributed by atoms with E-state index in [1.54, 1.807) is 54.1 Å². The molecule has 3 aromatic rings. The second-order valence-electron chi connectivity index (χ2n) is 5.71. The summed E-state index contributed by atoms with van der Waals surface area (Å²) in [7, 11) is 1.57. The van der Waals surface area contributed by atoms with Gasteiger partial charge in [-0.3, -0.25) is 14.2 Å². The molecule has 140 valence electrons. The number of thioether (sulfide) groups is 1. The Kier molecular flexibility index (Phi) is 6.49. The van der Waals surface area contributed by atoms with Crippen LogP contribution in [0.5, 0.6) is 0 Å². The molecule has 0 radical (unpaired) electrons. The Labute approximate surface area is 165 Å². The van der Waals surface area contributed by atoms with Crippen molar-refractivity contribution in [2.45, 2.75) is 11.7 Å². The zero-order valence-electron chi connectivity index (χ0n) is 14.6. The second-order valence-corrected chi connectivity index (χ2v) is 7.09. The summed E-state index contributed by atoms with van der Waals surface area (Å²) in [6.45, 7) is 0.744. The summed E-state index contributed by atoms with van der Waals surface area (Å²) < 4.78 is 6.64. The molecule has 0 aliphatic carbocycles. The van der Waals surface area contributed by atoms with Crippen LogP contribution in [0.2, 0.25) is 5.02 Å². The number of methoxy groups -OCH3 is 1. The van der Waals surface area contributed by atoms with E-state index in [1.807, 2.05) is 6.07 Å². The normalized spacial score (nSPS) is 10.9. The molecule has 3 rings (SSSR count). The smallest absolute Gasteiger partial charge is 0.262 e. The topological polar surface area (TPSA) is 73.2 Å². The van der Waals surface area contributed by atoms with Crippen LogP contribution in [0, 0.1) is 0 Å². The van der Waals surface area contributed by atoms with Gasteiger partial charge in [0.1, 0.15) is 0 Å². The van der Waals surface area contributed by atoms with E-state index in [0.717, 1.165) is 0 Å². The van der Waals surface area contributed by atoms with E-state index < -0.39 is 0 Å². The fraction of sp³-hybridized carbons (Fsp3) is 0.211. The number of benzene rings is 2. The van der Waals surface area contributed by atoms with Crippen molar-refractivity contribution < 1.29 is 9.53 Å². The first-order chi connectivity index (χ1) is 13.1. The molecule has 0 spiro atoms. The van der Waals surface area contributed by atoms with Crippen molar-refractivity contribution in [3.8, 4) is 0 Å². The van der Waals surface area contributed by atoms with Crippen LogP contribution in [-0.2, 0) is 16.1 Å². The van der Waals surface area contributed by atoms with Crippen LogP contribution >= 0.6 is 23.4 Å². The standard InChI is InChI=1S/C19H18ClN3O3S/c1-26-10-9-23-18(25)15-7-2-3-8-16(15)22-19(23)27-12-17(24)21-14-6-4-5-13(20)11-14/h2-8,11H,9-10,12H2,1H3,(H,21,24). The third kappa shape index (κ3) is 4.88. The minimum Gasteiger partial charge on any atom is -0.383 e. The number of nitrogens with one attached hydrogen (secondary N) is 1. The third-order valence-electron chi connectivity index (χ3n) is 3.79. The number of aromatic nitrogens is 2. The summed E-state index contributed by atoms with van der Waals surface area (Å²) in [6.07, 6.45) is 0. The molecule has 1 N–H and O–H groups in total. The number of hydrogen-bond acceptors (Lipinski definition) is 5. The minimum atomic E-state index is -0.206. The summed E-state index contributed by atoms with van der Waals surface area (Å²) in [5.74, 6) is -0.0902. The number of nitrogens with zero attached hydrogens (tertiary/aromatic N) is 2. The third-order valence-corrected chi connectivity index (χ3v) is 5.00. The molecule has 8 heteroatoms. The maximum absolute atomic E-state index is 12.8. The SMILES string of the molecule is COCCn1c(SCC(=O)Nc2cccc(Cl)c2)nc2ccccc2c1=O. The first-order valence-electron chi connectivity index (χ1n) is 8.25. The Morgan fingerprint density at radius 3 is 2.85 bits per heavy atom. The maximum atomic E-state index is 12.8. The highest BCUT2D eigenvalue weighted by Crippen LogP contribution is 2.19. The van der Waals surface area contributed by atoms with E-state index >= 15 is 0 Å². The number of amides is 1. The van der Waals surface area contributed by atoms with Gasteiger partial charge in [-0.15, -0.1) is 0 Å². The van der Waals surface area contributed by atoms with E-state index in [4.69, 9.17) is 16.3 Å². The molecule has 0 saturated heterocycles. The van der Waals surface area contributed by atoms with Crippen LogP contribution in [0.4, 0.5) is 5.69 Å². The molecule has 1 amide bonds. The number of carbonyl (C=O) groups is 1. The molecule has 1 aromatic heterocycles. The molecular weight excluding hydrogens is 386 g/mol. The highest BCUT2D eigenvalue weighted by atomic mass is 35.5. The van der Waals surface area contributed by atoms with Crippen LogP contribution in [0.15, 0.2) is 58.5 Å². The van der Waals surface area contributed by atoms with Crippen molar-refractivity contribution in [1.82, 2.24) is 9.55 Å². The maximum Gasteiger partial charge on any atom is 0.262 e. The van der Waals surface area contributed by atoms with Gasteiger partial charge in [0, 0.05) is 17.8 Å². The molecule has 0 atom stereocenters. The van der Waals surface area contributed by atoms with Gasteiger partial charge in [-0.05, 0) is 30.3 Å². The van der Waals surface area contributed by atoms with Gasteiger partial charge in [0.05, 0.1) is 29.8 Å². The number of anilines is 1. The number of halogens is 1. The Morgan fingerprint density at radius 2 is 2.07 bits per heavy atom. The van der Waals surface area contributed by atoms with Gasteiger partial charge in [-0.1, -0.05) is 41.6 Å². The molecule has 1 heterocycles. The van der Waals surface area contributed by atoms with Crippen LogP contribution in [0.1, 0.15) is 0 Å². The van der Waals surface area contributed by atoms with Gasteiger partial charge in [-0.25, -0.2) is 4.98 Å². The van der Waals surface area contributed by atoms with Gasteiger partial charge in [0.2, 0.25) is 5.91 Å². The molecule has 0 unspecified atom stereocenters. The lowest BCUT2D eigenvalue weighted by molar-refractivity contribution is -0.113. The van der Waals surface area contributed by atoms with Crippen molar-refractivity contribution in [3.63, 3.8) is 0 Å². The number of carbonyl (C=O) groups excluding carboxylic acids is 1. The molecule has 0 bridgehead atoms. The zero-order valence-corrected chi connectivity index (χ0v) is 16.2. The highest BCUT2D eigenvalue weighted by Gasteiger charge is 2.13. The molecule has 0 aliphatic rings. The van der Waals surface area contributed by atoms with Gasteiger partial charge in [0.25, 0.3) is 5.56 Å². The molecule has 0 aliphatic heterocycles. The number of para-hydroxylation sites is 1. The van der Waals surface area contributed by atoms with Crippen molar-refractivity contribution in [2.24, 2.45) is 0 Å². The Balaban J connectivity index is 1.80. The summed E-state index contributed by atoms with van der Waals surface area (Å²) in [5, 5.41) is 4.36. The number of fused-ring (bicyclic) bond motifs is 1. The average Bonchev–Trinajstić information content (AvgIpc) is 2.66. The predicted molar refractivity (Wildman–Crippen MR) is 109 cm³/mol. The Morgan fingerprint density at radius 1 is 1.26 bits per heavy atom. The largest absolute Gasteiger partial charge is 0.383 e. The number of rotatable bonds is 7.